The number of aryl methyl sites for hydroxylation is 2. The Morgan fingerprint density at radius 2 is 1.88 bits per heavy atom. The van der Waals surface area contributed by atoms with Gasteiger partial charge < -0.3 is 4.74 Å². The first-order valence-electron chi connectivity index (χ1n) is 5.22. The molecule has 0 aliphatic carbocycles. The van der Waals surface area contributed by atoms with Crippen LogP contribution in [-0.2, 0) is 6.61 Å². The van der Waals surface area contributed by atoms with Crippen molar-refractivity contribution < 1.29 is 4.74 Å². The molecule has 0 saturated carbocycles. The molecule has 3 heteroatoms. The first kappa shape index (κ1) is 10.6. The molecule has 0 bridgehead atoms. The lowest BCUT2D eigenvalue weighted by Crippen LogP contribution is -2.01. The number of hydrogen-bond acceptors (Lipinski definition) is 3. The maximum absolute atomic E-state index is 5.51. The highest BCUT2D eigenvalue weighted by Gasteiger charge is 2.00. The molecule has 0 saturated heterocycles. The molecule has 0 N–H and O–H groups in total. The van der Waals surface area contributed by atoms with Gasteiger partial charge in [0.15, 0.2) is 0 Å². The topological polar surface area (TPSA) is 35.0 Å². The molecular formula is C13H14N2O. The molecule has 3 nitrogen and oxygen atoms in total. The summed E-state index contributed by atoms with van der Waals surface area (Å²) in [7, 11) is 0. The number of ether oxygens (including phenoxy) is 1. The predicted octanol–water partition coefficient (Wildman–Crippen LogP) is 2.67. The zero-order valence-electron chi connectivity index (χ0n) is 9.47. The van der Waals surface area contributed by atoms with Crippen molar-refractivity contribution in [2.45, 2.75) is 20.5 Å². The molecule has 0 fully saturated rings. The number of benzene rings is 1. The predicted molar refractivity (Wildman–Crippen MR) is 62.3 cm³/mol. The molecule has 0 amide bonds. The van der Waals surface area contributed by atoms with E-state index in [1.807, 2.05) is 44.2 Å². The normalized spacial score (nSPS) is 10.1. The van der Waals surface area contributed by atoms with Crippen molar-refractivity contribution in [2.75, 3.05) is 0 Å². The van der Waals surface area contributed by atoms with Gasteiger partial charge in [-0.3, -0.25) is 0 Å². The Kier molecular flexibility index (Phi) is 3.15. The largest absolute Gasteiger partial charge is 0.459 e. The van der Waals surface area contributed by atoms with E-state index < -0.39 is 0 Å². The van der Waals surface area contributed by atoms with Crippen LogP contribution in [-0.4, -0.2) is 9.97 Å². The third-order valence-electron chi connectivity index (χ3n) is 2.41. The molecule has 82 valence electrons. The summed E-state index contributed by atoms with van der Waals surface area (Å²) in [6, 6.07) is 10.4. The molecule has 2 aromatic rings. The highest BCUT2D eigenvalue weighted by atomic mass is 16.5. The molecule has 1 aromatic heterocycles. The van der Waals surface area contributed by atoms with Crippen LogP contribution < -0.4 is 4.74 Å². The smallest absolute Gasteiger partial charge is 0.316 e. The van der Waals surface area contributed by atoms with Gasteiger partial charge in [0.25, 0.3) is 0 Å². The zero-order valence-corrected chi connectivity index (χ0v) is 9.47. The maximum Gasteiger partial charge on any atom is 0.316 e. The van der Waals surface area contributed by atoms with Crippen molar-refractivity contribution in [1.82, 2.24) is 9.97 Å². The van der Waals surface area contributed by atoms with Crippen LogP contribution in [0, 0.1) is 13.8 Å². The van der Waals surface area contributed by atoms with Gasteiger partial charge in [0, 0.05) is 11.9 Å². The third-order valence-corrected chi connectivity index (χ3v) is 2.41. The summed E-state index contributed by atoms with van der Waals surface area (Å²) < 4.78 is 5.51. The van der Waals surface area contributed by atoms with E-state index in [1.165, 1.54) is 0 Å². The van der Waals surface area contributed by atoms with E-state index >= 15 is 0 Å². The van der Waals surface area contributed by atoms with E-state index in [0.717, 1.165) is 16.8 Å². The highest BCUT2D eigenvalue weighted by molar-refractivity contribution is 5.17. The van der Waals surface area contributed by atoms with Crippen molar-refractivity contribution in [3.05, 3.63) is 53.3 Å². The van der Waals surface area contributed by atoms with E-state index in [1.54, 1.807) is 6.20 Å². The van der Waals surface area contributed by atoms with Crippen molar-refractivity contribution >= 4 is 0 Å². The average molecular weight is 214 g/mol. The van der Waals surface area contributed by atoms with E-state index in [-0.39, 0.29) is 0 Å². The number of nitrogens with zero attached hydrogens (tertiary/aromatic N) is 2. The summed E-state index contributed by atoms with van der Waals surface area (Å²) in [5, 5.41) is 0. The van der Waals surface area contributed by atoms with Gasteiger partial charge in [-0.25, -0.2) is 9.97 Å². The van der Waals surface area contributed by atoms with E-state index in [4.69, 9.17) is 4.74 Å². The average Bonchev–Trinajstić information content (AvgIpc) is 2.32. The maximum atomic E-state index is 5.51. The SMILES string of the molecule is Cc1cnc(OCc2ccccc2)nc1C. The van der Waals surface area contributed by atoms with Crippen molar-refractivity contribution in [3.8, 4) is 6.01 Å². The van der Waals surface area contributed by atoms with Crippen LogP contribution in [0.2, 0.25) is 0 Å². The molecule has 0 aliphatic rings. The summed E-state index contributed by atoms with van der Waals surface area (Å²) in [6.45, 7) is 4.44. The minimum atomic E-state index is 0.437. The molecule has 2 rings (SSSR count). The fourth-order valence-corrected chi connectivity index (χ4v) is 1.30. The zero-order chi connectivity index (χ0) is 11.4. The summed E-state index contributed by atoms with van der Waals surface area (Å²) >= 11 is 0. The van der Waals surface area contributed by atoms with Crippen LogP contribution in [0.4, 0.5) is 0 Å². The molecular weight excluding hydrogens is 200 g/mol. The van der Waals surface area contributed by atoms with Crippen LogP contribution in [0.1, 0.15) is 16.8 Å². The third kappa shape index (κ3) is 2.57. The molecule has 16 heavy (non-hydrogen) atoms. The van der Waals surface area contributed by atoms with Crippen LogP contribution >= 0.6 is 0 Å². The molecule has 0 atom stereocenters. The Morgan fingerprint density at radius 1 is 1.12 bits per heavy atom. The van der Waals surface area contributed by atoms with Gasteiger partial charge in [-0.15, -0.1) is 0 Å². The van der Waals surface area contributed by atoms with E-state index in [2.05, 4.69) is 9.97 Å². The summed E-state index contributed by atoms with van der Waals surface area (Å²) in [6.07, 6.45) is 1.78. The molecule has 0 unspecified atom stereocenters. The molecule has 1 heterocycles. The molecule has 0 radical (unpaired) electrons. The second kappa shape index (κ2) is 4.75. The second-order valence-corrected chi connectivity index (χ2v) is 3.70. The van der Waals surface area contributed by atoms with E-state index in [0.29, 0.717) is 12.6 Å². The Morgan fingerprint density at radius 3 is 2.56 bits per heavy atom. The number of hydrogen-bond donors (Lipinski definition) is 0. The van der Waals surface area contributed by atoms with Gasteiger partial charge in [-0.05, 0) is 25.0 Å². The fraction of sp³-hybridized carbons (Fsp3) is 0.231. The van der Waals surface area contributed by atoms with Crippen LogP contribution in [0.5, 0.6) is 6.01 Å². The Hall–Kier alpha value is -1.90. The Bertz CT molecular complexity index is 469. The second-order valence-electron chi connectivity index (χ2n) is 3.70. The lowest BCUT2D eigenvalue weighted by molar-refractivity contribution is 0.280. The van der Waals surface area contributed by atoms with E-state index in [9.17, 15) is 0 Å². The number of aromatic nitrogens is 2. The standard InChI is InChI=1S/C13H14N2O/c1-10-8-14-13(15-11(10)2)16-9-12-6-4-3-5-7-12/h3-8H,9H2,1-2H3. The fourth-order valence-electron chi connectivity index (χ4n) is 1.30. The van der Waals surface area contributed by atoms with Crippen molar-refractivity contribution in [3.63, 3.8) is 0 Å². The lowest BCUT2D eigenvalue weighted by Gasteiger charge is -2.05. The lowest BCUT2D eigenvalue weighted by atomic mass is 10.2. The van der Waals surface area contributed by atoms with Gasteiger partial charge in [0.05, 0.1) is 0 Å². The Labute approximate surface area is 95.1 Å². The van der Waals surface area contributed by atoms with Gasteiger partial charge in [-0.1, -0.05) is 30.3 Å². The van der Waals surface area contributed by atoms with Crippen LogP contribution in [0.25, 0.3) is 0 Å². The Balaban J connectivity index is 2.03. The minimum Gasteiger partial charge on any atom is -0.459 e. The van der Waals surface area contributed by atoms with Gasteiger partial charge >= 0.3 is 6.01 Å². The summed E-state index contributed by atoms with van der Waals surface area (Å²) in [5.74, 6) is 0. The quantitative estimate of drug-likeness (QED) is 0.787. The van der Waals surface area contributed by atoms with Gasteiger partial charge in [-0.2, -0.15) is 0 Å². The van der Waals surface area contributed by atoms with Crippen molar-refractivity contribution in [2.24, 2.45) is 0 Å². The first-order valence-corrected chi connectivity index (χ1v) is 5.22. The highest BCUT2D eigenvalue weighted by Crippen LogP contribution is 2.09. The van der Waals surface area contributed by atoms with Crippen molar-refractivity contribution in [1.29, 1.82) is 0 Å². The molecule has 0 aliphatic heterocycles. The minimum absolute atomic E-state index is 0.437. The van der Waals surface area contributed by atoms with Crippen LogP contribution in [0.3, 0.4) is 0 Å². The molecule has 0 spiro atoms. The monoisotopic (exact) mass is 214 g/mol. The van der Waals surface area contributed by atoms with Crippen LogP contribution in [0.15, 0.2) is 36.5 Å². The molecule has 1 aromatic carbocycles. The van der Waals surface area contributed by atoms with Gasteiger partial charge in [0.2, 0.25) is 0 Å². The summed E-state index contributed by atoms with van der Waals surface area (Å²) in [5.41, 5.74) is 3.15. The first-order chi connectivity index (χ1) is 7.75. The summed E-state index contributed by atoms with van der Waals surface area (Å²) in [4.78, 5) is 8.38. The number of rotatable bonds is 3. The van der Waals surface area contributed by atoms with Gasteiger partial charge in [0.1, 0.15) is 6.61 Å².